The third-order valence-electron chi connectivity index (χ3n) is 3.53. The van der Waals surface area contributed by atoms with Gasteiger partial charge in [-0.2, -0.15) is 5.10 Å². The van der Waals surface area contributed by atoms with Crippen LogP contribution in [-0.4, -0.2) is 32.3 Å². The Morgan fingerprint density at radius 1 is 1.52 bits per heavy atom. The van der Waals surface area contributed by atoms with Crippen LogP contribution in [0, 0.1) is 6.92 Å². The Morgan fingerprint density at radius 2 is 2.19 bits per heavy atom. The summed E-state index contributed by atoms with van der Waals surface area (Å²) in [6.45, 7) is 5.31. The molecule has 114 valence electrons. The number of nitrogens with one attached hydrogen (secondary N) is 1. The summed E-state index contributed by atoms with van der Waals surface area (Å²) in [5.41, 5.74) is -0.382. The molecule has 6 nitrogen and oxygen atoms in total. The van der Waals surface area contributed by atoms with Gasteiger partial charge in [0.05, 0.1) is 10.6 Å². The van der Waals surface area contributed by atoms with E-state index in [1.165, 1.54) is 18.3 Å². The van der Waals surface area contributed by atoms with Gasteiger partial charge in [0, 0.05) is 12.4 Å². The minimum Gasteiger partial charge on any atom is -0.480 e. The number of hydrogen-bond donors (Lipinski definition) is 2. The second-order valence-electron chi connectivity index (χ2n) is 5.38. The van der Waals surface area contributed by atoms with E-state index in [1.54, 1.807) is 10.7 Å². The zero-order chi connectivity index (χ0) is 15.8. The highest BCUT2D eigenvalue weighted by molar-refractivity contribution is 7.20. The number of amides is 1. The lowest BCUT2D eigenvalue weighted by Crippen LogP contribution is -2.51. The maximum Gasteiger partial charge on any atom is 0.329 e. The highest BCUT2D eigenvalue weighted by Crippen LogP contribution is 2.28. The molecule has 0 saturated heterocycles. The van der Waals surface area contributed by atoms with Crippen LogP contribution >= 0.6 is 11.3 Å². The van der Waals surface area contributed by atoms with Crippen molar-refractivity contribution in [3.63, 3.8) is 0 Å². The summed E-state index contributed by atoms with van der Waals surface area (Å²) in [5, 5.41) is 17.2. The lowest BCUT2D eigenvalue weighted by molar-refractivity contribution is -0.144. The summed E-state index contributed by atoms with van der Waals surface area (Å²) in [6.07, 6.45) is 1.07. The molecule has 2 N–H and O–H groups in total. The first-order chi connectivity index (χ1) is 9.78. The van der Waals surface area contributed by atoms with E-state index in [0.29, 0.717) is 17.7 Å². The third kappa shape index (κ3) is 2.78. The van der Waals surface area contributed by atoms with E-state index in [9.17, 15) is 14.7 Å². The van der Waals surface area contributed by atoms with E-state index in [4.69, 9.17) is 0 Å². The van der Waals surface area contributed by atoms with Crippen LogP contribution in [0.15, 0.2) is 6.07 Å². The van der Waals surface area contributed by atoms with Crippen LogP contribution in [0.3, 0.4) is 0 Å². The molecule has 21 heavy (non-hydrogen) atoms. The maximum atomic E-state index is 12.3. The molecule has 0 aliphatic carbocycles. The van der Waals surface area contributed by atoms with Crippen molar-refractivity contribution in [1.82, 2.24) is 15.1 Å². The molecule has 1 unspecified atom stereocenters. The highest BCUT2D eigenvalue weighted by atomic mass is 32.1. The maximum absolute atomic E-state index is 12.3. The number of fused-ring (bicyclic) bond motifs is 1. The Bertz CT molecular complexity index is 669. The van der Waals surface area contributed by atoms with E-state index in [1.807, 2.05) is 20.9 Å². The van der Waals surface area contributed by atoms with Crippen molar-refractivity contribution in [2.75, 3.05) is 0 Å². The quantitative estimate of drug-likeness (QED) is 0.887. The lowest BCUT2D eigenvalue weighted by atomic mass is 9.96. The average Bonchev–Trinajstić information content (AvgIpc) is 2.92. The van der Waals surface area contributed by atoms with Gasteiger partial charge in [0.25, 0.3) is 5.91 Å². The molecule has 2 aromatic rings. The highest BCUT2D eigenvalue weighted by Gasteiger charge is 2.34. The Kier molecular flexibility index (Phi) is 4.04. The SMILES string of the molecule is CCCC(C)(NC(=O)c1cc2c(C)nn(C)c2s1)C(=O)O. The molecule has 2 rings (SSSR count). The first-order valence-electron chi connectivity index (χ1n) is 6.77. The summed E-state index contributed by atoms with van der Waals surface area (Å²) in [6, 6.07) is 1.77. The van der Waals surface area contributed by atoms with Crippen molar-refractivity contribution in [1.29, 1.82) is 0 Å². The molecule has 0 bridgehead atoms. The molecule has 7 heteroatoms. The second kappa shape index (κ2) is 5.48. The molecule has 0 aliphatic heterocycles. The molecule has 2 aromatic heterocycles. The normalized spacial score (nSPS) is 14.1. The van der Waals surface area contributed by atoms with Crippen molar-refractivity contribution < 1.29 is 14.7 Å². The Morgan fingerprint density at radius 3 is 2.71 bits per heavy atom. The minimum atomic E-state index is -1.24. The smallest absolute Gasteiger partial charge is 0.329 e. The van der Waals surface area contributed by atoms with Gasteiger partial charge in [0.1, 0.15) is 10.4 Å². The van der Waals surface area contributed by atoms with Gasteiger partial charge in [-0.15, -0.1) is 11.3 Å². The molecule has 0 spiro atoms. The lowest BCUT2D eigenvalue weighted by Gasteiger charge is -2.25. The van der Waals surface area contributed by atoms with Crippen LogP contribution in [0.25, 0.3) is 10.2 Å². The second-order valence-corrected chi connectivity index (χ2v) is 6.41. The number of hydrogen-bond acceptors (Lipinski definition) is 4. The van der Waals surface area contributed by atoms with Crippen molar-refractivity contribution in [2.24, 2.45) is 7.05 Å². The minimum absolute atomic E-state index is 0.353. The number of carboxylic acids is 1. The molecule has 2 heterocycles. The molecule has 0 saturated carbocycles. The van der Waals surface area contributed by atoms with Gasteiger partial charge >= 0.3 is 5.97 Å². The molecule has 0 fully saturated rings. The van der Waals surface area contributed by atoms with Crippen molar-refractivity contribution >= 4 is 33.4 Å². The largest absolute Gasteiger partial charge is 0.480 e. The monoisotopic (exact) mass is 309 g/mol. The summed E-state index contributed by atoms with van der Waals surface area (Å²) in [5.74, 6) is -1.37. The number of carboxylic acid groups (broad SMARTS) is 1. The number of carbonyl (C=O) groups excluding carboxylic acids is 1. The average molecular weight is 309 g/mol. The van der Waals surface area contributed by atoms with Crippen LogP contribution in [0.4, 0.5) is 0 Å². The van der Waals surface area contributed by atoms with Crippen molar-refractivity contribution in [3.8, 4) is 0 Å². The molecule has 0 radical (unpaired) electrons. The number of aromatic nitrogens is 2. The van der Waals surface area contributed by atoms with Crippen molar-refractivity contribution in [3.05, 3.63) is 16.6 Å². The van der Waals surface area contributed by atoms with Gasteiger partial charge in [-0.25, -0.2) is 4.79 Å². The predicted octanol–water partition coefficient (Wildman–Crippen LogP) is 2.32. The topological polar surface area (TPSA) is 84.2 Å². The number of aliphatic carboxylic acids is 1. The fourth-order valence-corrected chi connectivity index (χ4v) is 3.37. The van der Waals surface area contributed by atoms with Gasteiger partial charge in [-0.05, 0) is 26.3 Å². The van der Waals surface area contributed by atoms with Crippen LogP contribution in [0.1, 0.15) is 42.1 Å². The fourth-order valence-electron chi connectivity index (χ4n) is 2.35. The first-order valence-corrected chi connectivity index (χ1v) is 7.59. The number of nitrogens with zero attached hydrogens (tertiary/aromatic N) is 2. The van der Waals surface area contributed by atoms with Gasteiger partial charge in [-0.3, -0.25) is 9.48 Å². The molecule has 1 atom stereocenters. The van der Waals surface area contributed by atoms with Crippen LogP contribution in [0.2, 0.25) is 0 Å². The fraction of sp³-hybridized carbons (Fsp3) is 0.500. The van der Waals surface area contributed by atoms with Crippen LogP contribution < -0.4 is 5.32 Å². The van der Waals surface area contributed by atoms with Crippen LogP contribution in [-0.2, 0) is 11.8 Å². The van der Waals surface area contributed by atoms with E-state index in [2.05, 4.69) is 10.4 Å². The van der Waals surface area contributed by atoms with Gasteiger partial charge < -0.3 is 10.4 Å². The van der Waals surface area contributed by atoms with Gasteiger partial charge in [0.15, 0.2) is 0 Å². The zero-order valence-corrected chi connectivity index (χ0v) is 13.4. The van der Waals surface area contributed by atoms with Crippen molar-refractivity contribution in [2.45, 2.75) is 39.2 Å². The first kappa shape index (κ1) is 15.5. The molecular weight excluding hydrogens is 290 g/mol. The predicted molar refractivity (Wildman–Crippen MR) is 81.7 cm³/mol. The van der Waals surface area contributed by atoms with Gasteiger partial charge in [0.2, 0.25) is 0 Å². The van der Waals surface area contributed by atoms with E-state index >= 15 is 0 Å². The van der Waals surface area contributed by atoms with Crippen LogP contribution in [0.5, 0.6) is 0 Å². The number of carbonyl (C=O) groups is 2. The number of aryl methyl sites for hydroxylation is 2. The number of rotatable bonds is 5. The Labute approximate surface area is 126 Å². The zero-order valence-electron chi connectivity index (χ0n) is 12.6. The van der Waals surface area contributed by atoms with E-state index in [-0.39, 0.29) is 5.91 Å². The summed E-state index contributed by atoms with van der Waals surface area (Å²) in [4.78, 5) is 25.1. The van der Waals surface area contributed by atoms with Gasteiger partial charge in [-0.1, -0.05) is 13.3 Å². The summed E-state index contributed by atoms with van der Waals surface area (Å²) >= 11 is 1.32. The summed E-state index contributed by atoms with van der Waals surface area (Å²) in [7, 11) is 1.83. The molecule has 0 aliphatic rings. The summed E-state index contributed by atoms with van der Waals surface area (Å²) < 4.78 is 1.73. The van der Waals surface area contributed by atoms with E-state index in [0.717, 1.165) is 15.9 Å². The number of thiophene rings is 1. The molecular formula is C14H19N3O3S. The standard InChI is InChI=1S/C14H19N3O3S/c1-5-6-14(3,13(19)20)15-11(18)10-7-9-8(2)16-17(4)12(9)21-10/h7H,5-6H2,1-4H3,(H,15,18)(H,19,20). The third-order valence-corrected chi connectivity index (χ3v) is 4.73. The molecule has 1 amide bonds. The van der Waals surface area contributed by atoms with E-state index < -0.39 is 11.5 Å². The Hall–Kier alpha value is -1.89. The molecule has 0 aromatic carbocycles. The Balaban J connectivity index is 2.29.